The predicted octanol–water partition coefficient (Wildman–Crippen LogP) is 1.09. The Balaban J connectivity index is 2.39. The van der Waals surface area contributed by atoms with Crippen LogP contribution in [0.4, 0.5) is 0 Å². The first-order valence-corrected chi connectivity index (χ1v) is 8.72. The second-order valence-electron chi connectivity index (χ2n) is 7.26. The number of likely N-dealkylation sites (tertiary alicyclic amines) is 1. The third-order valence-corrected chi connectivity index (χ3v) is 5.65. The number of nitro groups is 2. The molecule has 10 nitrogen and oxygen atoms in total. The molecule has 27 heavy (non-hydrogen) atoms. The number of piperidine rings is 1. The van der Waals surface area contributed by atoms with E-state index in [1.165, 1.54) is 25.3 Å². The van der Waals surface area contributed by atoms with Gasteiger partial charge in [0.2, 0.25) is 0 Å². The van der Waals surface area contributed by atoms with Crippen molar-refractivity contribution in [3.8, 4) is 0 Å². The molecule has 2 aliphatic rings. The topological polar surface area (TPSA) is 137 Å². The molecule has 1 fully saturated rings. The van der Waals surface area contributed by atoms with Crippen molar-refractivity contribution in [3.05, 3.63) is 49.8 Å². The molecule has 144 valence electrons. The van der Waals surface area contributed by atoms with Crippen LogP contribution < -0.4 is 0 Å². The predicted molar refractivity (Wildman–Crippen MR) is 92.5 cm³/mol. The molecule has 1 aromatic heterocycles. The number of ketones is 2. The molecule has 1 aliphatic heterocycles. The smallest absolute Gasteiger partial charge is 0.300 e. The number of hydrogen-bond acceptors (Lipinski definition) is 8. The summed E-state index contributed by atoms with van der Waals surface area (Å²) in [5, 5.41) is 24.6. The molecule has 2 bridgehead atoms. The Morgan fingerprint density at radius 3 is 2.48 bits per heavy atom. The van der Waals surface area contributed by atoms with Crippen LogP contribution in [0, 0.1) is 26.1 Å². The average molecular weight is 376 g/mol. The largest absolute Gasteiger partial charge is 0.308 e. The number of aromatic nitrogens is 1. The number of pyridine rings is 1. The minimum atomic E-state index is -2.27. The van der Waals surface area contributed by atoms with Gasteiger partial charge in [-0.05, 0) is 32.0 Å². The molecule has 3 atom stereocenters. The Bertz CT molecular complexity index is 842. The molecule has 0 amide bonds. The Morgan fingerprint density at radius 2 is 1.93 bits per heavy atom. The van der Waals surface area contributed by atoms with Gasteiger partial charge in [-0.1, -0.05) is 6.92 Å². The standard InChI is InChI=1S/C17H20N4O6/c1-3-7-19-9-16(20(24)25)12-5-4-6-18-14(12)15(23)17(10-19,21(26)27)13(16)8-11(2)22/h4-6,13H,3,7-10H2,1-2H3. The second-order valence-corrected chi connectivity index (χ2v) is 7.26. The van der Waals surface area contributed by atoms with Crippen LogP contribution in [-0.4, -0.2) is 56.5 Å². The summed E-state index contributed by atoms with van der Waals surface area (Å²) < 4.78 is 0. The van der Waals surface area contributed by atoms with Crippen LogP contribution >= 0.6 is 0 Å². The summed E-state index contributed by atoms with van der Waals surface area (Å²) in [6.45, 7) is 3.08. The van der Waals surface area contributed by atoms with Gasteiger partial charge in [0.1, 0.15) is 17.4 Å². The van der Waals surface area contributed by atoms with Crippen molar-refractivity contribution < 1.29 is 19.4 Å². The number of fused-ring (bicyclic) bond motifs is 4. The fraction of sp³-hybridized carbons (Fsp3) is 0.588. The summed E-state index contributed by atoms with van der Waals surface area (Å²) >= 11 is 0. The molecule has 0 saturated carbocycles. The third-order valence-electron chi connectivity index (χ3n) is 5.65. The average Bonchev–Trinajstić information content (AvgIpc) is 2.60. The highest BCUT2D eigenvalue weighted by molar-refractivity contribution is 6.04. The molecule has 0 aromatic carbocycles. The van der Waals surface area contributed by atoms with E-state index in [2.05, 4.69) is 4.98 Å². The van der Waals surface area contributed by atoms with Crippen LogP contribution in [-0.2, 0) is 10.3 Å². The minimum Gasteiger partial charge on any atom is -0.300 e. The van der Waals surface area contributed by atoms with Gasteiger partial charge in [-0.15, -0.1) is 0 Å². The van der Waals surface area contributed by atoms with Gasteiger partial charge in [0, 0.05) is 22.5 Å². The van der Waals surface area contributed by atoms with E-state index in [-0.39, 0.29) is 24.3 Å². The summed E-state index contributed by atoms with van der Waals surface area (Å²) in [5.74, 6) is -2.65. The molecular weight excluding hydrogens is 356 g/mol. The number of rotatable bonds is 6. The normalized spacial score (nSPS) is 29.9. The van der Waals surface area contributed by atoms with Gasteiger partial charge in [-0.3, -0.25) is 34.9 Å². The van der Waals surface area contributed by atoms with E-state index >= 15 is 0 Å². The van der Waals surface area contributed by atoms with E-state index < -0.39 is 44.8 Å². The Hall–Kier alpha value is -2.75. The maximum Gasteiger partial charge on any atom is 0.308 e. The van der Waals surface area contributed by atoms with Crippen molar-refractivity contribution in [2.45, 2.75) is 37.8 Å². The van der Waals surface area contributed by atoms with Gasteiger partial charge in [0.25, 0.3) is 11.3 Å². The Kier molecular flexibility index (Phi) is 4.54. The highest BCUT2D eigenvalue weighted by Gasteiger charge is 2.77. The first-order valence-electron chi connectivity index (χ1n) is 8.72. The first kappa shape index (κ1) is 19.0. The lowest BCUT2D eigenvalue weighted by Crippen LogP contribution is -2.75. The maximum absolute atomic E-state index is 13.2. The van der Waals surface area contributed by atoms with Crippen LogP contribution in [0.15, 0.2) is 18.3 Å². The van der Waals surface area contributed by atoms with Crippen molar-refractivity contribution in [2.75, 3.05) is 19.6 Å². The molecule has 3 unspecified atom stereocenters. The zero-order valence-corrected chi connectivity index (χ0v) is 15.1. The molecule has 0 N–H and O–H groups in total. The Labute approximate surface area is 154 Å². The SMILES string of the molecule is CCCN1CC2([N+](=O)[O-])C(=O)c3ncccc3C([N+](=O)[O-])(C1)C2CC(C)=O. The molecule has 1 aliphatic carbocycles. The van der Waals surface area contributed by atoms with Gasteiger partial charge < -0.3 is 4.79 Å². The lowest BCUT2D eigenvalue weighted by atomic mass is 9.57. The minimum absolute atomic E-state index is 0.0597. The molecule has 2 heterocycles. The monoisotopic (exact) mass is 376 g/mol. The van der Waals surface area contributed by atoms with Crippen molar-refractivity contribution >= 4 is 11.6 Å². The molecule has 1 saturated heterocycles. The molecule has 3 rings (SSSR count). The molecule has 0 radical (unpaired) electrons. The number of carbonyl (C=O) groups is 2. The number of Topliss-reactive ketones (excluding diaryl/α,β-unsaturated/α-hetero) is 2. The van der Waals surface area contributed by atoms with Crippen molar-refractivity contribution in [1.82, 2.24) is 9.88 Å². The van der Waals surface area contributed by atoms with Gasteiger partial charge in [0.15, 0.2) is 0 Å². The van der Waals surface area contributed by atoms with Crippen molar-refractivity contribution in [1.29, 1.82) is 0 Å². The van der Waals surface area contributed by atoms with Crippen LogP contribution in [0.5, 0.6) is 0 Å². The number of nitrogens with zero attached hydrogens (tertiary/aromatic N) is 4. The molecule has 10 heteroatoms. The van der Waals surface area contributed by atoms with Gasteiger partial charge in [0.05, 0.1) is 18.7 Å². The number of carbonyl (C=O) groups excluding carboxylic acids is 2. The zero-order chi connectivity index (χ0) is 20.0. The fourth-order valence-corrected chi connectivity index (χ4v) is 4.65. The lowest BCUT2D eigenvalue weighted by molar-refractivity contribution is -0.640. The molecule has 1 aromatic rings. The summed E-state index contributed by atoms with van der Waals surface area (Å²) in [4.78, 5) is 54.0. The zero-order valence-electron chi connectivity index (χ0n) is 15.1. The van der Waals surface area contributed by atoms with Gasteiger partial charge >= 0.3 is 5.54 Å². The maximum atomic E-state index is 13.2. The summed E-state index contributed by atoms with van der Waals surface area (Å²) in [7, 11) is 0. The van der Waals surface area contributed by atoms with E-state index in [4.69, 9.17) is 0 Å². The molecule has 0 spiro atoms. The first-order chi connectivity index (χ1) is 12.7. The van der Waals surface area contributed by atoms with Gasteiger partial charge in [-0.25, -0.2) is 0 Å². The quantitative estimate of drug-likeness (QED) is 0.531. The van der Waals surface area contributed by atoms with E-state index in [0.717, 1.165) is 0 Å². The second kappa shape index (κ2) is 6.45. The summed E-state index contributed by atoms with van der Waals surface area (Å²) in [5.41, 5.74) is -4.39. The lowest BCUT2D eigenvalue weighted by Gasteiger charge is -2.50. The van der Waals surface area contributed by atoms with Crippen molar-refractivity contribution in [2.24, 2.45) is 5.92 Å². The summed E-state index contributed by atoms with van der Waals surface area (Å²) in [6.07, 6.45) is 1.50. The summed E-state index contributed by atoms with van der Waals surface area (Å²) in [6, 6.07) is 2.90. The van der Waals surface area contributed by atoms with Crippen LogP contribution in [0.25, 0.3) is 0 Å². The number of hydrogen-bond donors (Lipinski definition) is 0. The van der Waals surface area contributed by atoms with Crippen molar-refractivity contribution in [3.63, 3.8) is 0 Å². The molecular formula is C17H20N4O6. The third kappa shape index (κ3) is 2.47. The highest BCUT2D eigenvalue weighted by atomic mass is 16.6. The van der Waals surface area contributed by atoms with Crippen LogP contribution in [0.3, 0.4) is 0 Å². The van der Waals surface area contributed by atoms with Crippen LogP contribution in [0.1, 0.15) is 42.7 Å². The fourth-order valence-electron chi connectivity index (χ4n) is 4.65. The van der Waals surface area contributed by atoms with E-state index in [1.54, 1.807) is 4.90 Å². The van der Waals surface area contributed by atoms with E-state index in [9.17, 15) is 29.8 Å². The highest BCUT2D eigenvalue weighted by Crippen LogP contribution is 2.52. The van der Waals surface area contributed by atoms with E-state index in [0.29, 0.717) is 13.0 Å². The van der Waals surface area contributed by atoms with E-state index in [1.807, 2.05) is 6.92 Å². The van der Waals surface area contributed by atoms with Gasteiger partial charge in [-0.2, -0.15) is 0 Å². The Morgan fingerprint density at radius 1 is 1.30 bits per heavy atom. The van der Waals surface area contributed by atoms with Crippen LogP contribution in [0.2, 0.25) is 0 Å².